The van der Waals surface area contributed by atoms with Gasteiger partial charge >= 0.3 is 0 Å². The number of methoxy groups -OCH3 is 1. The molecule has 1 atom stereocenters. The second kappa shape index (κ2) is 9.36. The van der Waals surface area contributed by atoms with E-state index >= 15 is 0 Å². The van der Waals surface area contributed by atoms with E-state index in [1.165, 1.54) is 5.69 Å². The first-order valence-corrected chi connectivity index (χ1v) is 9.44. The van der Waals surface area contributed by atoms with E-state index in [1.54, 1.807) is 7.11 Å². The van der Waals surface area contributed by atoms with E-state index in [4.69, 9.17) is 9.47 Å². The van der Waals surface area contributed by atoms with Crippen LogP contribution in [0.2, 0.25) is 0 Å². The number of nitrogens with one attached hydrogen (secondary N) is 1. The predicted octanol–water partition coefficient (Wildman–Crippen LogP) is 1.50. The summed E-state index contributed by atoms with van der Waals surface area (Å²) in [6.07, 6.45) is 5.02. The van der Waals surface area contributed by atoms with Crippen molar-refractivity contribution in [3.05, 3.63) is 24.0 Å². The standard InChI is InChI=1S/C19H31N3O3/c1-24-10-6-20-19(23)11-17-13-21(12-16-4-8-25-9-5-16)15-18-3-2-7-22(18)14-17/h2-3,7,16-17H,4-6,8-15H2,1H3,(H,20,23)/t17-/m1/s1. The fourth-order valence-electron chi connectivity index (χ4n) is 3.95. The molecule has 0 aliphatic carbocycles. The van der Waals surface area contributed by atoms with Gasteiger partial charge in [0.2, 0.25) is 5.91 Å². The molecule has 1 aromatic rings. The molecular formula is C19H31N3O3. The second-order valence-electron chi connectivity index (χ2n) is 7.31. The zero-order valence-corrected chi connectivity index (χ0v) is 15.3. The summed E-state index contributed by atoms with van der Waals surface area (Å²) in [7, 11) is 1.65. The number of aromatic nitrogens is 1. The first-order valence-electron chi connectivity index (χ1n) is 9.44. The van der Waals surface area contributed by atoms with Crippen LogP contribution in [0.15, 0.2) is 18.3 Å². The van der Waals surface area contributed by atoms with Gasteiger partial charge in [0.25, 0.3) is 0 Å². The maximum Gasteiger partial charge on any atom is 0.220 e. The molecular weight excluding hydrogens is 318 g/mol. The minimum Gasteiger partial charge on any atom is -0.383 e. The van der Waals surface area contributed by atoms with Crippen molar-refractivity contribution in [2.45, 2.75) is 32.4 Å². The van der Waals surface area contributed by atoms with Gasteiger partial charge in [-0.3, -0.25) is 9.69 Å². The number of carbonyl (C=O) groups excluding carboxylic acids is 1. The van der Waals surface area contributed by atoms with Crippen molar-refractivity contribution in [2.75, 3.05) is 46.6 Å². The van der Waals surface area contributed by atoms with Gasteiger partial charge in [-0.05, 0) is 36.8 Å². The maximum atomic E-state index is 12.2. The van der Waals surface area contributed by atoms with Crippen LogP contribution in [0.1, 0.15) is 25.0 Å². The third-order valence-corrected chi connectivity index (χ3v) is 5.24. The molecule has 1 N–H and O–H groups in total. The Balaban J connectivity index is 1.59. The van der Waals surface area contributed by atoms with Crippen molar-refractivity contribution in [3.8, 4) is 0 Å². The van der Waals surface area contributed by atoms with Crippen LogP contribution < -0.4 is 5.32 Å². The van der Waals surface area contributed by atoms with Gasteiger partial charge in [0.05, 0.1) is 6.61 Å². The highest BCUT2D eigenvalue weighted by Gasteiger charge is 2.26. The normalized spacial score (nSPS) is 22.4. The molecule has 0 unspecified atom stereocenters. The van der Waals surface area contributed by atoms with Gasteiger partial charge in [0, 0.05) is 71.4 Å². The van der Waals surface area contributed by atoms with Gasteiger partial charge in [-0.25, -0.2) is 0 Å². The summed E-state index contributed by atoms with van der Waals surface area (Å²) in [6.45, 7) is 6.92. The number of carbonyl (C=O) groups is 1. The molecule has 0 bridgehead atoms. The molecule has 140 valence electrons. The quantitative estimate of drug-likeness (QED) is 0.758. The van der Waals surface area contributed by atoms with Gasteiger partial charge in [0.15, 0.2) is 0 Å². The molecule has 0 saturated carbocycles. The third kappa shape index (κ3) is 5.56. The lowest BCUT2D eigenvalue weighted by atomic mass is 9.98. The Labute approximate surface area is 150 Å². The van der Waals surface area contributed by atoms with Crippen LogP contribution in [0.25, 0.3) is 0 Å². The average Bonchev–Trinajstić information content (AvgIpc) is 2.96. The molecule has 1 fully saturated rings. The van der Waals surface area contributed by atoms with Gasteiger partial charge in [-0.15, -0.1) is 0 Å². The van der Waals surface area contributed by atoms with Crippen LogP contribution >= 0.6 is 0 Å². The minimum atomic E-state index is 0.128. The monoisotopic (exact) mass is 349 g/mol. The number of hydrogen-bond acceptors (Lipinski definition) is 4. The summed E-state index contributed by atoms with van der Waals surface area (Å²) < 4.78 is 12.8. The van der Waals surface area contributed by atoms with Crippen LogP contribution in [0.5, 0.6) is 0 Å². The Kier molecular flexibility index (Phi) is 6.90. The SMILES string of the molecule is COCCNC(=O)C[C@@H]1CN(CC2CCOCC2)Cc2cccn2C1. The number of nitrogens with zero attached hydrogens (tertiary/aromatic N) is 2. The summed E-state index contributed by atoms with van der Waals surface area (Å²) >= 11 is 0. The van der Waals surface area contributed by atoms with Crippen molar-refractivity contribution in [3.63, 3.8) is 0 Å². The Morgan fingerprint density at radius 3 is 2.96 bits per heavy atom. The lowest BCUT2D eigenvalue weighted by Gasteiger charge is -2.30. The van der Waals surface area contributed by atoms with Crippen molar-refractivity contribution >= 4 is 5.91 Å². The van der Waals surface area contributed by atoms with E-state index in [0.29, 0.717) is 31.4 Å². The van der Waals surface area contributed by atoms with Crippen LogP contribution in [0, 0.1) is 11.8 Å². The molecule has 0 aromatic carbocycles. The van der Waals surface area contributed by atoms with Crippen molar-refractivity contribution in [1.29, 1.82) is 0 Å². The Hall–Kier alpha value is -1.37. The molecule has 2 aliphatic heterocycles. The first-order chi connectivity index (χ1) is 12.2. The Bertz CT molecular complexity index is 540. The highest BCUT2D eigenvalue weighted by molar-refractivity contribution is 5.76. The third-order valence-electron chi connectivity index (χ3n) is 5.24. The Morgan fingerprint density at radius 1 is 1.32 bits per heavy atom. The summed E-state index contributed by atoms with van der Waals surface area (Å²) in [5, 5.41) is 2.96. The molecule has 1 saturated heterocycles. The van der Waals surface area contributed by atoms with Crippen molar-refractivity contribution in [1.82, 2.24) is 14.8 Å². The number of ether oxygens (including phenoxy) is 2. The molecule has 1 amide bonds. The highest BCUT2D eigenvalue weighted by atomic mass is 16.5. The number of rotatable bonds is 7. The van der Waals surface area contributed by atoms with Gasteiger partial charge in [-0.1, -0.05) is 0 Å². The topological polar surface area (TPSA) is 55.7 Å². The number of hydrogen-bond donors (Lipinski definition) is 1. The first kappa shape index (κ1) is 18.4. The van der Waals surface area contributed by atoms with Crippen LogP contribution in [0.4, 0.5) is 0 Å². The maximum absolute atomic E-state index is 12.2. The zero-order chi connectivity index (χ0) is 17.5. The Morgan fingerprint density at radius 2 is 2.16 bits per heavy atom. The number of fused-ring (bicyclic) bond motifs is 1. The van der Waals surface area contributed by atoms with E-state index < -0.39 is 0 Å². The molecule has 3 rings (SSSR count). The molecule has 0 spiro atoms. The minimum absolute atomic E-state index is 0.128. The fourth-order valence-corrected chi connectivity index (χ4v) is 3.95. The molecule has 25 heavy (non-hydrogen) atoms. The molecule has 2 aliphatic rings. The fraction of sp³-hybridized carbons (Fsp3) is 0.737. The van der Waals surface area contributed by atoms with Crippen LogP contribution in [-0.2, 0) is 27.4 Å². The lowest BCUT2D eigenvalue weighted by molar-refractivity contribution is -0.122. The van der Waals surface area contributed by atoms with E-state index in [1.807, 2.05) is 0 Å². The molecule has 3 heterocycles. The van der Waals surface area contributed by atoms with Gasteiger partial charge in [0.1, 0.15) is 0 Å². The molecule has 6 nitrogen and oxygen atoms in total. The van der Waals surface area contributed by atoms with Crippen LogP contribution in [-0.4, -0.2) is 61.9 Å². The van der Waals surface area contributed by atoms with Gasteiger partial charge in [-0.2, -0.15) is 0 Å². The summed E-state index contributed by atoms with van der Waals surface area (Å²) in [4.78, 5) is 14.8. The van der Waals surface area contributed by atoms with Crippen molar-refractivity contribution in [2.24, 2.45) is 11.8 Å². The highest BCUT2D eigenvalue weighted by Crippen LogP contribution is 2.23. The predicted molar refractivity (Wildman–Crippen MR) is 96.2 cm³/mol. The summed E-state index contributed by atoms with van der Waals surface area (Å²) in [5.41, 5.74) is 1.36. The van der Waals surface area contributed by atoms with Crippen molar-refractivity contribution < 1.29 is 14.3 Å². The van der Waals surface area contributed by atoms with E-state index in [2.05, 4.69) is 33.1 Å². The summed E-state index contributed by atoms with van der Waals surface area (Å²) in [6, 6.07) is 4.32. The van der Waals surface area contributed by atoms with E-state index in [-0.39, 0.29) is 5.91 Å². The zero-order valence-electron chi connectivity index (χ0n) is 15.3. The molecule has 1 aromatic heterocycles. The van der Waals surface area contributed by atoms with E-state index in [9.17, 15) is 4.79 Å². The van der Waals surface area contributed by atoms with Crippen LogP contribution in [0.3, 0.4) is 0 Å². The molecule has 0 radical (unpaired) electrons. The second-order valence-corrected chi connectivity index (χ2v) is 7.31. The average molecular weight is 349 g/mol. The number of amides is 1. The van der Waals surface area contributed by atoms with E-state index in [0.717, 1.165) is 52.2 Å². The molecule has 6 heteroatoms. The lowest BCUT2D eigenvalue weighted by Crippen LogP contribution is -2.36. The smallest absolute Gasteiger partial charge is 0.220 e. The van der Waals surface area contributed by atoms with Gasteiger partial charge < -0.3 is 19.4 Å². The largest absolute Gasteiger partial charge is 0.383 e. The summed E-state index contributed by atoms with van der Waals surface area (Å²) in [5.74, 6) is 1.19.